The summed E-state index contributed by atoms with van der Waals surface area (Å²) in [6.45, 7) is 5.62. The van der Waals surface area contributed by atoms with Gasteiger partial charge in [-0.1, -0.05) is 12.1 Å². The van der Waals surface area contributed by atoms with Gasteiger partial charge >= 0.3 is 5.97 Å². The first-order valence-corrected chi connectivity index (χ1v) is 12.7. The summed E-state index contributed by atoms with van der Waals surface area (Å²) in [6, 6.07) is 11.0. The number of hydrogen-bond acceptors (Lipinski definition) is 6. The molecule has 3 aromatic rings. The molecule has 0 bridgehead atoms. The van der Waals surface area contributed by atoms with Crippen LogP contribution in [-0.2, 0) is 27.4 Å². The van der Waals surface area contributed by atoms with Crippen molar-refractivity contribution in [1.29, 1.82) is 0 Å². The summed E-state index contributed by atoms with van der Waals surface area (Å²) in [7, 11) is 4.29. The average Bonchev–Trinajstić information content (AvgIpc) is 3.27. The van der Waals surface area contributed by atoms with Gasteiger partial charge in [0.1, 0.15) is 12.4 Å². The molecule has 2 amide bonds. The molecule has 10 heteroatoms. The number of ether oxygens (including phenoxy) is 1. The maximum absolute atomic E-state index is 13.9. The number of nitrogens with zero attached hydrogens (tertiary/aromatic N) is 4. The number of carbonyl (C=O) groups excluding carboxylic acids is 4. The smallest absolute Gasteiger partial charge is 0.325 e. The number of rotatable bonds is 7. The molecule has 206 valence electrons. The molecule has 9 nitrogen and oxygen atoms in total. The van der Waals surface area contributed by atoms with Gasteiger partial charge in [-0.25, -0.2) is 4.39 Å². The van der Waals surface area contributed by atoms with Crippen LogP contribution in [0.3, 0.4) is 0 Å². The number of piperazine rings is 1. The van der Waals surface area contributed by atoms with E-state index in [9.17, 15) is 23.6 Å². The van der Waals surface area contributed by atoms with E-state index in [2.05, 4.69) is 4.90 Å². The number of methoxy groups -OCH3 is 1. The fourth-order valence-electron chi connectivity index (χ4n) is 4.95. The summed E-state index contributed by atoms with van der Waals surface area (Å²) in [5.74, 6) is -2.34. The molecule has 2 heterocycles. The lowest BCUT2D eigenvalue weighted by Gasteiger charge is -2.44. The van der Waals surface area contributed by atoms with Crippen molar-refractivity contribution in [2.45, 2.75) is 39.0 Å². The number of hydrogen-bond donors (Lipinski definition) is 0. The van der Waals surface area contributed by atoms with Gasteiger partial charge in [-0.05, 0) is 49.7 Å². The van der Waals surface area contributed by atoms with Gasteiger partial charge in [0.25, 0.3) is 11.8 Å². The fraction of sp³-hybridized carbons (Fsp3) is 0.379. The highest BCUT2D eigenvalue weighted by molar-refractivity contribution is 6.43. The summed E-state index contributed by atoms with van der Waals surface area (Å²) in [6.07, 6.45) is 1.61. The summed E-state index contributed by atoms with van der Waals surface area (Å²) in [5, 5.41) is 0.481. The van der Waals surface area contributed by atoms with Gasteiger partial charge in [-0.3, -0.25) is 24.1 Å². The standard InChI is InChI=1S/C29H33FN4O5/c1-18-14-34(19(2)13-32(18)15-20-6-9-22(30)10-7-20)28(37)24-16-33(17-26(35)39-5)25-11-8-21(12-23(24)25)27(36)29(38)31(3)4/h6-12,16,18-19H,13-15,17H2,1-5H3. The van der Waals surface area contributed by atoms with Crippen LogP contribution < -0.4 is 0 Å². The third kappa shape index (κ3) is 5.85. The topological polar surface area (TPSA) is 92.2 Å². The second-order valence-corrected chi connectivity index (χ2v) is 10.2. The first kappa shape index (κ1) is 28.0. The summed E-state index contributed by atoms with van der Waals surface area (Å²) < 4.78 is 19.8. The number of aromatic nitrogens is 1. The quantitative estimate of drug-likeness (QED) is 0.262. The summed E-state index contributed by atoms with van der Waals surface area (Å²) in [4.78, 5) is 56.3. The van der Waals surface area contributed by atoms with Crippen molar-refractivity contribution >= 4 is 34.5 Å². The molecule has 4 rings (SSSR count). The number of Topliss-reactive ketones (excluding diaryl/α,β-unsaturated/α-hetero) is 1. The molecule has 1 fully saturated rings. The number of carbonyl (C=O) groups is 4. The van der Waals surface area contributed by atoms with Crippen molar-refractivity contribution < 1.29 is 28.3 Å². The van der Waals surface area contributed by atoms with Gasteiger partial charge in [0.15, 0.2) is 0 Å². The van der Waals surface area contributed by atoms with E-state index in [0.29, 0.717) is 36.1 Å². The van der Waals surface area contributed by atoms with E-state index >= 15 is 0 Å². The van der Waals surface area contributed by atoms with Gasteiger partial charge < -0.3 is 19.1 Å². The van der Waals surface area contributed by atoms with Crippen LogP contribution >= 0.6 is 0 Å². The molecular formula is C29H33FN4O5. The Morgan fingerprint density at radius 1 is 1.00 bits per heavy atom. The number of ketones is 1. The molecule has 2 aromatic carbocycles. The lowest BCUT2D eigenvalue weighted by molar-refractivity contribution is -0.141. The normalized spacial score (nSPS) is 17.7. The van der Waals surface area contributed by atoms with Crippen LogP contribution in [-0.4, -0.2) is 89.2 Å². The molecule has 2 atom stereocenters. The Balaban J connectivity index is 1.65. The summed E-state index contributed by atoms with van der Waals surface area (Å²) >= 11 is 0. The largest absolute Gasteiger partial charge is 0.468 e. The van der Waals surface area contributed by atoms with Crippen molar-refractivity contribution in [3.63, 3.8) is 0 Å². The number of esters is 1. The minimum Gasteiger partial charge on any atom is -0.468 e. The van der Waals surface area contributed by atoms with E-state index in [4.69, 9.17) is 4.74 Å². The average molecular weight is 537 g/mol. The molecule has 1 aromatic heterocycles. The number of halogens is 1. The van der Waals surface area contributed by atoms with Crippen molar-refractivity contribution in [1.82, 2.24) is 19.3 Å². The monoisotopic (exact) mass is 536 g/mol. The molecule has 39 heavy (non-hydrogen) atoms. The van der Waals surface area contributed by atoms with E-state index in [-0.39, 0.29) is 35.9 Å². The minimum atomic E-state index is -0.683. The van der Waals surface area contributed by atoms with E-state index in [1.54, 1.807) is 39.9 Å². The Bertz CT molecular complexity index is 1420. The number of likely N-dealkylation sites (N-methyl/N-ethyl adjacent to an activating group) is 1. The molecule has 0 spiro atoms. The highest BCUT2D eigenvalue weighted by atomic mass is 19.1. The van der Waals surface area contributed by atoms with Gasteiger partial charge in [0.05, 0.1) is 12.7 Å². The third-order valence-corrected chi connectivity index (χ3v) is 7.18. The first-order chi connectivity index (χ1) is 18.5. The maximum Gasteiger partial charge on any atom is 0.325 e. The molecule has 0 saturated carbocycles. The van der Waals surface area contributed by atoms with Gasteiger partial charge in [0.2, 0.25) is 5.78 Å². The number of amides is 2. The first-order valence-electron chi connectivity index (χ1n) is 12.7. The van der Waals surface area contributed by atoms with Gasteiger partial charge in [0, 0.05) is 68.5 Å². The second-order valence-electron chi connectivity index (χ2n) is 10.2. The van der Waals surface area contributed by atoms with Gasteiger partial charge in [-0.2, -0.15) is 0 Å². The molecular weight excluding hydrogens is 503 g/mol. The van der Waals surface area contributed by atoms with Crippen molar-refractivity contribution in [2.75, 3.05) is 34.3 Å². The number of benzene rings is 2. The van der Waals surface area contributed by atoms with Crippen molar-refractivity contribution in [2.24, 2.45) is 0 Å². The lowest BCUT2D eigenvalue weighted by Crippen LogP contribution is -2.57. The predicted molar refractivity (Wildman–Crippen MR) is 144 cm³/mol. The zero-order chi connectivity index (χ0) is 28.4. The van der Waals surface area contributed by atoms with E-state index < -0.39 is 17.7 Å². The van der Waals surface area contributed by atoms with Crippen LogP contribution in [0.1, 0.15) is 40.1 Å². The molecule has 1 aliphatic heterocycles. The zero-order valence-electron chi connectivity index (χ0n) is 22.8. The van der Waals surface area contributed by atoms with Crippen molar-refractivity contribution in [3.8, 4) is 0 Å². The molecule has 0 radical (unpaired) electrons. The van der Waals surface area contributed by atoms with Crippen LogP contribution in [0.15, 0.2) is 48.7 Å². The second kappa shape index (κ2) is 11.4. The van der Waals surface area contributed by atoms with E-state index in [0.717, 1.165) is 5.56 Å². The predicted octanol–water partition coefficient (Wildman–Crippen LogP) is 2.96. The van der Waals surface area contributed by atoms with Crippen LogP contribution in [0.2, 0.25) is 0 Å². The van der Waals surface area contributed by atoms with E-state index in [1.165, 1.54) is 44.3 Å². The Labute approximate surface area is 226 Å². The maximum atomic E-state index is 13.9. The Morgan fingerprint density at radius 2 is 1.69 bits per heavy atom. The molecule has 1 saturated heterocycles. The van der Waals surface area contributed by atoms with E-state index in [1.807, 2.05) is 13.8 Å². The highest BCUT2D eigenvalue weighted by Gasteiger charge is 2.34. The van der Waals surface area contributed by atoms with Crippen molar-refractivity contribution in [3.05, 3.63) is 71.2 Å². The minimum absolute atomic E-state index is 0.0356. The van der Waals surface area contributed by atoms with Crippen LogP contribution in [0.5, 0.6) is 0 Å². The Hall–Kier alpha value is -4.05. The number of fused-ring (bicyclic) bond motifs is 1. The Morgan fingerprint density at radius 3 is 2.33 bits per heavy atom. The fourth-order valence-corrected chi connectivity index (χ4v) is 4.95. The SMILES string of the molecule is COC(=O)Cn1cc(C(=O)N2CC(C)N(Cc3ccc(F)cc3)CC2C)c2cc(C(=O)C(=O)N(C)C)ccc21. The Kier molecular flexibility index (Phi) is 8.15. The third-order valence-electron chi connectivity index (χ3n) is 7.18. The summed E-state index contributed by atoms with van der Waals surface area (Å²) in [5.41, 5.74) is 2.07. The highest BCUT2D eigenvalue weighted by Crippen LogP contribution is 2.28. The zero-order valence-corrected chi connectivity index (χ0v) is 22.8. The molecule has 1 aliphatic rings. The van der Waals surface area contributed by atoms with Crippen LogP contribution in [0.4, 0.5) is 4.39 Å². The lowest BCUT2D eigenvalue weighted by atomic mass is 10.0. The van der Waals surface area contributed by atoms with Gasteiger partial charge in [-0.15, -0.1) is 0 Å². The van der Waals surface area contributed by atoms with Crippen LogP contribution in [0.25, 0.3) is 10.9 Å². The molecule has 0 aliphatic carbocycles. The molecule has 0 N–H and O–H groups in total. The molecule has 2 unspecified atom stereocenters. The van der Waals surface area contributed by atoms with Crippen LogP contribution in [0, 0.1) is 5.82 Å².